The van der Waals surface area contributed by atoms with E-state index in [4.69, 9.17) is 0 Å². The second-order valence-corrected chi connectivity index (χ2v) is 6.93. The van der Waals surface area contributed by atoms with Gasteiger partial charge in [0, 0.05) is 41.9 Å². The van der Waals surface area contributed by atoms with Gasteiger partial charge in [-0.1, -0.05) is 11.8 Å². The second kappa shape index (κ2) is 7.50. The first kappa shape index (κ1) is 16.5. The summed E-state index contributed by atoms with van der Waals surface area (Å²) in [6, 6.07) is 7.57. The van der Waals surface area contributed by atoms with Crippen LogP contribution < -0.4 is 5.32 Å². The summed E-state index contributed by atoms with van der Waals surface area (Å²) in [5, 5.41) is 14.3. The van der Waals surface area contributed by atoms with Gasteiger partial charge in [0.1, 0.15) is 0 Å². The summed E-state index contributed by atoms with van der Waals surface area (Å²) in [5.41, 5.74) is 0.889. The van der Waals surface area contributed by atoms with E-state index in [9.17, 15) is 4.79 Å². The smallest absolute Gasteiger partial charge is 0.236 e. The summed E-state index contributed by atoms with van der Waals surface area (Å²) in [7, 11) is 0. The van der Waals surface area contributed by atoms with Crippen LogP contribution in [-0.4, -0.2) is 41.2 Å². The highest BCUT2D eigenvalue weighted by atomic mass is 32.2. The Balaban J connectivity index is 1.58. The Bertz CT molecular complexity index is 981. The summed E-state index contributed by atoms with van der Waals surface area (Å²) in [4.78, 5) is 20.2. The van der Waals surface area contributed by atoms with Crippen molar-refractivity contribution in [2.75, 3.05) is 11.1 Å². The molecule has 0 atom stereocenters. The number of nitrogens with zero attached hydrogens (tertiary/aromatic N) is 6. The molecule has 1 amide bonds. The number of nitrogens with one attached hydrogen (secondary N) is 1. The van der Waals surface area contributed by atoms with Gasteiger partial charge in [-0.15, -0.1) is 21.5 Å². The van der Waals surface area contributed by atoms with Crippen LogP contribution in [0.15, 0.2) is 65.8 Å². The van der Waals surface area contributed by atoms with Crippen molar-refractivity contribution in [3.63, 3.8) is 0 Å². The number of rotatable bonds is 6. The average Bonchev–Trinajstić information content (AvgIpc) is 3.41. The van der Waals surface area contributed by atoms with E-state index >= 15 is 0 Å². The number of amides is 1. The molecule has 0 aromatic carbocycles. The molecule has 0 fully saturated rings. The molecule has 0 aliphatic carbocycles. The second-order valence-electron chi connectivity index (χ2n) is 5.09. The number of anilines is 1. The van der Waals surface area contributed by atoms with Crippen molar-refractivity contribution in [1.82, 2.24) is 29.5 Å². The van der Waals surface area contributed by atoms with E-state index in [0.717, 1.165) is 5.56 Å². The minimum absolute atomic E-state index is 0.141. The molecular formula is C16H13N7OS2. The van der Waals surface area contributed by atoms with Crippen molar-refractivity contribution in [3.05, 3.63) is 60.6 Å². The molecule has 26 heavy (non-hydrogen) atoms. The number of hydrogen-bond acceptors (Lipinski definition) is 7. The fourth-order valence-electron chi connectivity index (χ4n) is 2.27. The number of aromatic nitrogens is 6. The van der Waals surface area contributed by atoms with E-state index in [-0.39, 0.29) is 11.7 Å². The van der Waals surface area contributed by atoms with Crippen LogP contribution in [0, 0.1) is 0 Å². The third-order valence-corrected chi connectivity index (χ3v) is 4.99. The van der Waals surface area contributed by atoms with Crippen molar-refractivity contribution >= 4 is 34.1 Å². The predicted molar refractivity (Wildman–Crippen MR) is 99.9 cm³/mol. The first-order valence-corrected chi connectivity index (χ1v) is 9.49. The fourth-order valence-corrected chi connectivity index (χ4v) is 3.55. The Labute approximate surface area is 156 Å². The molecule has 0 unspecified atom stereocenters. The molecule has 0 spiro atoms. The zero-order chi connectivity index (χ0) is 17.8. The Morgan fingerprint density at radius 2 is 1.96 bits per heavy atom. The number of pyridine rings is 1. The highest BCUT2D eigenvalue weighted by Crippen LogP contribution is 2.24. The van der Waals surface area contributed by atoms with Crippen molar-refractivity contribution in [3.8, 4) is 11.4 Å². The van der Waals surface area contributed by atoms with Gasteiger partial charge >= 0.3 is 0 Å². The molecule has 0 aliphatic heterocycles. The van der Waals surface area contributed by atoms with Crippen LogP contribution in [0.2, 0.25) is 0 Å². The molecule has 4 heterocycles. The quantitative estimate of drug-likeness (QED) is 0.515. The molecule has 4 rings (SSSR count). The maximum Gasteiger partial charge on any atom is 0.236 e. The molecule has 0 radical (unpaired) electrons. The van der Waals surface area contributed by atoms with Crippen LogP contribution in [0.4, 0.5) is 5.13 Å². The normalized spacial score (nSPS) is 10.8. The Kier molecular flexibility index (Phi) is 4.75. The minimum Gasteiger partial charge on any atom is -0.301 e. The summed E-state index contributed by atoms with van der Waals surface area (Å²) in [5.74, 6) is 0.735. The molecule has 0 bridgehead atoms. The summed E-state index contributed by atoms with van der Waals surface area (Å²) in [6.45, 7) is 0. The van der Waals surface area contributed by atoms with Gasteiger partial charge in [0.2, 0.25) is 11.1 Å². The van der Waals surface area contributed by atoms with Crippen molar-refractivity contribution in [2.45, 2.75) is 5.16 Å². The average molecular weight is 383 g/mol. The lowest BCUT2D eigenvalue weighted by molar-refractivity contribution is -0.113. The van der Waals surface area contributed by atoms with E-state index in [0.29, 0.717) is 16.1 Å². The van der Waals surface area contributed by atoms with E-state index in [1.54, 1.807) is 18.6 Å². The molecule has 0 saturated heterocycles. The van der Waals surface area contributed by atoms with E-state index in [2.05, 4.69) is 25.5 Å². The fraction of sp³-hybridized carbons (Fsp3) is 0.0625. The Morgan fingerprint density at radius 1 is 1.15 bits per heavy atom. The van der Waals surface area contributed by atoms with Crippen LogP contribution >= 0.6 is 23.1 Å². The summed E-state index contributed by atoms with van der Waals surface area (Å²) < 4.78 is 3.73. The van der Waals surface area contributed by atoms with Gasteiger partial charge in [0.25, 0.3) is 0 Å². The zero-order valence-corrected chi connectivity index (χ0v) is 15.0. The number of carbonyl (C=O) groups excluding carboxylic acids is 1. The zero-order valence-electron chi connectivity index (χ0n) is 13.4. The first-order chi connectivity index (χ1) is 12.8. The van der Waals surface area contributed by atoms with Gasteiger partial charge in [0.15, 0.2) is 11.0 Å². The third-order valence-electron chi connectivity index (χ3n) is 3.38. The van der Waals surface area contributed by atoms with Crippen molar-refractivity contribution in [2.24, 2.45) is 0 Å². The molecule has 0 aliphatic rings. The lowest BCUT2D eigenvalue weighted by Crippen LogP contribution is -2.15. The van der Waals surface area contributed by atoms with Crippen LogP contribution in [0.5, 0.6) is 0 Å². The van der Waals surface area contributed by atoms with Crippen molar-refractivity contribution < 1.29 is 4.79 Å². The van der Waals surface area contributed by atoms with Crippen LogP contribution in [0.25, 0.3) is 11.4 Å². The van der Waals surface area contributed by atoms with E-state index < -0.39 is 0 Å². The first-order valence-electron chi connectivity index (χ1n) is 7.63. The minimum atomic E-state index is -0.141. The Hall–Kier alpha value is -2.98. The van der Waals surface area contributed by atoms with Gasteiger partial charge in [-0.3, -0.25) is 14.5 Å². The van der Waals surface area contributed by atoms with Crippen LogP contribution in [0.1, 0.15) is 0 Å². The van der Waals surface area contributed by atoms with Crippen LogP contribution in [-0.2, 0) is 4.79 Å². The van der Waals surface area contributed by atoms with Gasteiger partial charge in [-0.25, -0.2) is 9.66 Å². The predicted octanol–water partition coefficient (Wildman–Crippen LogP) is 2.64. The molecule has 8 nitrogen and oxygen atoms in total. The third kappa shape index (κ3) is 3.51. The van der Waals surface area contributed by atoms with E-state index in [1.807, 2.05) is 51.4 Å². The monoisotopic (exact) mass is 383 g/mol. The molecule has 4 aromatic heterocycles. The topological polar surface area (TPSA) is 90.5 Å². The molecule has 0 saturated carbocycles. The van der Waals surface area contributed by atoms with Gasteiger partial charge in [-0.05, 0) is 24.3 Å². The van der Waals surface area contributed by atoms with Gasteiger partial charge < -0.3 is 5.32 Å². The Morgan fingerprint density at radius 3 is 2.69 bits per heavy atom. The standard InChI is InChI=1S/C16H13N7OS2/c24-13(19-15-18-7-10-25-15)11-26-16-21-20-14(12-3-5-17-6-4-12)23(16)22-8-1-2-9-22/h1-10H,11H2,(H,18,19,24). The van der Waals surface area contributed by atoms with E-state index in [1.165, 1.54) is 23.1 Å². The van der Waals surface area contributed by atoms with Crippen LogP contribution in [0.3, 0.4) is 0 Å². The molecular weight excluding hydrogens is 370 g/mol. The van der Waals surface area contributed by atoms with Crippen molar-refractivity contribution in [1.29, 1.82) is 0 Å². The lowest BCUT2D eigenvalue weighted by Gasteiger charge is -2.11. The molecule has 4 aromatic rings. The number of thiazole rings is 1. The summed E-state index contributed by atoms with van der Waals surface area (Å²) in [6.07, 6.45) is 8.86. The van der Waals surface area contributed by atoms with Gasteiger partial charge in [-0.2, -0.15) is 0 Å². The number of thioether (sulfide) groups is 1. The number of carbonyl (C=O) groups is 1. The maximum atomic E-state index is 12.1. The SMILES string of the molecule is O=C(CSc1nnc(-c2ccncc2)n1-n1cccc1)Nc1nccs1. The number of hydrogen-bond donors (Lipinski definition) is 1. The molecule has 1 N–H and O–H groups in total. The highest BCUT2D eigenvalue weighted by molar-refractivity contribution is 7.99. The highest BCUT2D eigenvalue weighted by Gasteiger charge is 2.17. The van der Waals surface area contributed by atoms with Gasteiger partial charge in [0.05, 0.1) is 5.75 Å². The lowest BCUT2D eigenvalue weighted by atomic mass is 10.2. The molecule has 10 heteroatoms. The largest absolute Gasteiger partial charge is 0.301 e. The molecule has 130 valence electrons. The summed E-state index contributed by atoms with van der Waals surface area (Å²) >= 11 is 2.69. The maximum absolute atomic E-state index is 12.1.